The lowest BCUT2D eigenvalue weighted by atomic mass is 10.2. The van der Waals surface area contributed by atoms with E-state index in [0.29, 0.717) is 23.2 Å². The number of hydrogen-bond acceptors (Lipinski definition) is 2. The van der Waals surface area contributed by atoms with Crippen LogP contribution in [0.25, 0.3) is 0 Å². The maximum Gasteiger partial charge on any atom is 0.0835 e. The Morgan fingerprint density at radius 2 is 1.88 bits per heavy atom. The smallest absolute Gasteiger partial charge is 0.0835 e. The van der Waals surface area contributed by atoms with Gasteiger partial charge >= 0.3 is 0 Å². The maximum atomic E-state index is 6.10. The van der Waals surface area contributed by atoms with Gasteiger partial charge in [-0.2, -0.15) is 0 Å². The Labute approximate surface area is 121 Å². The highest BCUT2D eigenvalue weighted by Crippen LogP contribution is 2.35. The van der Waals surface area contributed by atoms with Crippen LogP contribution in [0, 0.1) is 0 Å². The SMILES string of the molecule is CC(C)(C)OCCNc1ccc(Br)c(Cl)c1Cl. The third-order valence-corrected chi connectivity index (χ3v) is 3.76. The first-order valence-electron chi connectivity index (χ1n) is 5.32. The van der Waals surface area contributed by atoms with Crippen molar-refractivity contribution < 1.29 is 4.74 Å². The van der Waals surface area contributed by atoms with Crippen LogP contribution in [0.3, 0.4) is 0 Å². The molecule has 0 aliphatic rings. The van der Waals surface area contributed by atoms with E-state index in [2.05, 4.69) is 21.2 Å². The van der Waals surface area contributed by atoms with E-state index in [1.807, 2.05) is 32.9 Å². The van der Waals surface area contributed by atoms with E-state index >= 15 is 0 Å². The van der Waals surface area contributed by atoms with E-state index in [-0.39, 0.29) is 5.60 Å². The Morgan fingerprint density at radius 1 is 1.24 bits per heavy atom. The van der Waals surface area contributed by atoms with Crippen LogP contribution in [-0.4, -0.2) is 18.8 Å². The van der Waals surface area contributed by atoms with Crippen molar-refractivity contribution in [3.05, 3.63) is 26.7 Å². The lowest BCUT2D eigenvalue weighted by Crippen LogP contribution is -2.23. The molecule has 1 aromatic rings. The highest BCUT2D eigenvalue weighted by Gasteiger charge is 2.10. The van der Waals surface area contributed by atoms with Crippen LogP contribution in [0.4, 0.5) is 5.69 Å². The number of hydrogen-bond donors (Lipinski definition) is 1. The summed E-state index contributed by atoms with van der Waals surface area (Å²) in [4.78, 5) is 0. The molecular weight excluding hydrogens is 325 g/mol. The van der Waals surface area contributed by atoms with Gasteiger partial charge in [-0.25, -0.2) is 0 Å². The first-order valence-corrected chi connectivity index (χ1v) is 6.87. The van der Waals surface area contributed by atoms with Gasteiger partial charge in [0.2, 0.25) is 0 Å². The Hall–Kier alpha value is 0.0400. The van der Waals surface area contributed by atoms with Crippen LogP contribution in [0.2, 0.25) is 10.0 Å². The maximum absolute atomic E-state index is 6.10. The molecule has 2 nitrogen and oxygen atoms in total. The minimum atomic E-state index is -0.122. The Kier molecular flexibility index (Phi) is 5.58. The summed E-state index contributed by atoms with van der Waals surface area (Å²) in [7, 11) is 0. The Morgan fingerprint density at radius 3 is 2.47 bits per heavy atom. The highest BCUT2D eigenvalue weighted by molar-refractivity contribution is 9.10. The standard InChI is InChI=1S/C12H16BrCl2NO/c1-12(2,3)17-7-6-16-9-5-4-8(13)10(14)11(9)15/h4-5,16H,6-7H2,1-3H3. The fraction of sp³-hybridized carbons (Fsp3) is 0.500. The van der Waals surface area contributed by atoms with Crippen molar-refractivity contribution in [2.75, 3.05) is 18.5 Å². The minimum absolute atomic E-state index is 0.122. The summed E-state index contributed by atoms with van der Waals surface area (Å²) >= 11 is 15.4. The predicted octanol–water partition coefficient (Wildman–Crippen LogP) is 4.98. The molecule has 96 valence electrons. The van der Waals surface area contributed by atoms with Gasteiger partial charge in [-0.1, -0.05) is 23.2 Å². The van der Waals surface area contributed by atoms with E-state index in [9.17, 15) is 0 Å². The molecular formula is C12H16BrCl2NO. The third-order valence-electron chi connectivity index (χ3n) is 1.99. The van der Waals surface area contributed by atoms with Crippen molar-refractivity contribution in [2.24, 2.45) is 0 Å². The average Bonchev–Trinajstić information content (AvgIpc) is 2.22. The second-order valence-electron chi connectivity index (χ2n) is 4.61. The van der Waals surface area contributed by atoms with Crippen molar-refractivity contribution in [1.29, 1.82) is 0 Å². The summed E-state index contributed by atoms with van der Waals surface area (Å²) in [6, 6.07) is 3.75. The Bertz CT molecular complexity index is 391. The molecule has 0 aliphatic heterocycles. The zero-order valence-electron chi connectivity index (χ0n) is 10.1. The van der Waals surface area contributed by atoms with Crippen molar-refractivity contribution in [3.8, 4) is 0 Å². The van der Waals surface area contributed by atoms with Gasteiger partial charge in [-0.3, -0.25) is 0 Å². The molecule has 0 saturated carbocycles. The fourth-order valence-corrected chi connectivity index (χ4v) is 2.05. The molecule has 0 heterocycles. The number of halogens is 3. The molecule has 1 rings (SSSR count). The number of nitrogens with one attached hydrogen (secondary N) is 1. The van der Waals surface area contributed by atoms with E-state index in [0.717, 1.165) is 10.2 Å². The molecule has 0 saturated heterocycles. The van der Waals surface area contributed by atoms with E-state index in [4.69, 9.17) is 27.9 Å². The lowest BCUT2D eigenvalue weighted by Gasteiger charge is -2.20. The molecule has 0 radical (unpaired) electrons. The number of rotatable bonds is 4. The summed E-state index contributed by atoms with van der Waals surface area (Å²) in [6.07, 6.45) is 0. The molecule has 1 N–H and O–H groups in total. The molecule has 0 amide bonds. The monoisotopic (exact) mass is 339 g/mol. The van der Waals surface area contributed by atoms with Gasteiger partial charge in [0.25, 0.3) is 0 Å². The van der Waals surface area contributed by atoms with Crippen molar-refractivity contribution in [2.45, 2.75) is 26.4 Å². The second-order valence-corrected chi connectivity index (χ2v) is 6.22. The molecule has 0 fully saturated rings. The number of anilines is 1. The van der Waals surface area contributed by atoms with E-state index in [1.54, 1.807) is 0 Å². The van der Waals surface area contributed by atoms with Crippen LogP contribution in [0.15, 0.2) is 16.6 Å². The summed E-state index contributed by atoms with van der Waals surface area (Å²) in [5.41, 5.74) is 0.695. The largest absolute Gasteiger partial charge is 0.381 e. The first-order chi connectivity index (χ1) is 7.81. The van der Waals surface area contributed by atoms with Crippen LogP contribution in [0.5, 0.6) is 0 Å². The lowest BCUT2D eigenvalue weighted by molar-refractivity contribution is 0.00333. The van der Waals surface area contributed by atoms with E-state index < -0.39 is 0 Å². The summed E-state index contributed by atoms with van der Waals surface area (Å²) < 4.78 is 6.39. The molecule has 1 aromatic carbocycles. The van der Waals surface area contributed by atoms with E-state index in [1.165, 1.54) is 0 Å². The quantitative estimate of drug-likeness (QED) is 0.616. The molecule has 0 aliphatic carbocycles. The molecule has 5 heteroatoms. The van der Waals surface area contributed by atoms with Gasteiger partial charge in [0.05, 0.1) is 27.9 Å². The number of benzene rings is 1. The fourth-order valence-electron chi connectivity index (χ4n) is 1.21. The zero-order chi connectivity index (χ0) is 13.1. The van der Waals surface area contributed by atoms with Gasteiger partial charge < -0.3 is 10.1 Å². The topological polar surface area (TPSA) is 21.3 Å². The second kappa shape index (κ2) is 6.28. The van der Waals surface area contributed by atoms with Crippen LogP contribution < -0.4 is 5.32 Å². The molecule has 0 spiro atoms. The summed E-state index contributed by atoms with van der Waals surface area (Å²) in [6.45, 7) is 7.38. The van der Waals surface area contributed by atoms with Crippen molar-refractivity contribution in [1.82, 2.24) is 0 Å². The molecule has 0 unspecified atom stereocenters. The molecule has 0 bridgehead atoms. The summed E-state index contributed by atoms with van der Waals surface area (Å²) in [5, 5.41) is 4.24. The molecule has 0 aromatic heterocycles. The molecule has 17 heavy (non-hydrogen) atoms. The average molecular weight is 341 g/mol. The molecule has 0 atom stereocenters. The van der Waals surface area contributed by atoms with Crippen LogP contribution in [-0.2, 0) is 4.74 Å². The Balaban J connectivity index is 2.51. The number of ether oxygens (including phenoxy) is 1. The van der Waals surface area contributed by atoms with Gasteiger partial charge in [-0.05, 0) is 48.8 Å². The van der Waals surface area contributed by atoms with Crippen molar-refractivity contribution >= 4 is 44.8 Å². The van der Waals surface area contributed by atoms with Gasteiger partial charge in [0.1, 0.15) is 0 Å². The third kappa shape index (κ3) is 5.04. The van der Waals surface area contributed by atoms with Gasteiger partial charge in [-0.15, -0.1) is 0 Å². The predicted molar refractivity (Wildman–Crippen MR) is 78.4 cm³/mol. The van der Waals surface area contributed by atoms with Crippen molar-refractivity contribution in [3.63, 3.8) is 0 Å². The summed E-state index contributed by atoms with van der Waals surface area (Å²) in [5.74, 6) is 0. The van der Waals surface area contributed by atoms with Crippen LogP contribution in [0.1, 0.15) is 20.8 Å². The normalized spacial score (nSPS) is 11.6. The highest BCUT2D eigenvalue weighted by atomic mass is 79.9. The minimum Gasteiger partial charge on any atom is -0.381 e. The zero-order valence-corrected chi connectivity index (χ0v) is 13.2. The van der Waals surface area contributed by atoms with Gasteiger partial charge in [0.15, 0.2) is 0 Å². The first kappa shape index (κ1) is 15.1. The van der Waals surface area contributed by atoms with Crippen LogP contribution >= 0.6 is 39.1 Å². The van der Waals surface area contributed by atoms with Gasteiger partial charge in [0, 0.05) is 11.0 Å².